The molecule has 0 fully saturated rings. The Morgan fingerprint density at radius 1 is 1.26 bits per heavy atom. The van der Waals surface area contributed by atoms with E-state index < -0.39 is 9.05 Å². The third kappa shape index (κ3) is 5.18. The lowest BCUT2D eigenvalue weighted by Gasteiger charge is -2.18. The molecule has 19 heavy (non-hydrogen) atoms. The maximum Gasteiger partial charge on any atom is 0.265 e. The van der Waals surface area contributed by atoms with Crippen molar-refractivity contribution >= 4 is 31.3 Å². The Morgan fingerprint density at radius 2 is 1.89 bits per heavy atom. The summed E-state index contributed by atoms with van der Waals surface area (Å²) < 4.78 is 28.4. The summed E-state index contributed by atoms with van der Waals surface area (Å²) in [5, 5.41) is 0.301. The molecule has 0 saturated heterocycles. The summed E-state index contributed by atoms with van der Waals surface area (Å²) in [6.45, 7) is 7.06. The van der Waals surface area contributed by atoms with Gasteiger partial charge in [-0.05, 0) is 31.3 Å². The average molecular weight is 326 g/mol. The predicted octanol–water partition coefficient (Wildman–Crippen LogP) is 2.99. The van der Waals surface area contributed by atoms with E-state index in [9.17, 15) is 8.42 Å². The summed E-state index contributed by atoms with van der Waals surface area (Å²) in [6.07, 6.45) is 0. The molecular formula is C12H17Cl2NO3S. The Morgan fingerprint density at radius 3 is 2.42 bits per heavy atom. The molecule has 108 valence electrons. The molecule has 0 bridgehead atoms. The molecule has 0 spiro atoms. The number of halogens is 2. The molecule has 0 saturated carbocycles. The van der Waals surface area contributed by atoms with Crippen LogP contribution in [0.5, 0.6) is 5.75 Å². The first-order valence-corrected chi connectivity index (χ1v) is 8.66. The van der Waals surface area contributed by atoms with Crippen LogP contribution in [0.2, 0.25) is 5.02 Å². The lowest BCUT2D eigenvalue weighted by atomic mass is 10.3. The van der Waals surface area contributed by atoms with Crippen molar-refractivity contribution in [1.29, 1.82) is 0 Å². The first-order valence-electron chi connectivity index (χ1n) is 5.97. The van der Waals surface area contributed by atoms with Gasteiger partial charge in [0.25, 0.3) is 9.05 Å². The van der Waals surface area contributed by atoms with Gasteiger partial charge in [0.2, 0.25) is 0 Å². The smallest absolute Gasteiger partial charge is 0.265 e. The summed E-state index contributed by atoms with van der Waals surface area (Å²) in [5.74, 6) is 0.228. The molecule has 0 N–H and O–H groups in total. The third-order valence-corrected chi connectivity index (χ3v) is 4.31. The second-order valence-corrected chi connectivity index (χ2v) is 6.88. The number of benzene rings is 1. The Balaban J connectivity index is 2.79. The number of rotatable bonds is 7. The summed E-state index contributed by atoms with van der Waals surface area (Å²) in [5.41, 5.74) is 0. The number of nitrogens with zero attached hydrogens (tertiary/aromatic N) is 1. The number of hydrogen-bond acceptors (Lipinski definition) is 4. The van der Waals surface area contributed by atoms with Gasteiger partial charge in [0, 0.05) is 22.2 Å². The van der Waals surface area contributed by atoms with Crippen LogP contribution in [-0.4, -0.2) is 39.6 Å². The molecule has 0 aliphatic carbocycles. The topological polar surface area (TPSA) is 46.6 Å². The zero-order chi connectivity index (χ0) is 14.5. The fourth-order valence-corrected chi connectivity index (χ4v) is 2.85. The van der Waals surface area contributed by atoms with E-state index in [0.29, 0.717) is 11.6 Å². The second kappa shape index (κ2) is 7.33. The minimum atomic E-state index is -3.87. The molecule has 0 aliphatic rings. The highest BCUT2D eigenvalue weighted by atomic mass is 35.7. The SMILES string of the molecule is CCN(CC)CCOc1ccc(Cl)cc1S(=O)(=O)Cl. The molecule has 0 aromatic heterocycles. The third-order valence-electron chi connectivity index (χ3n) is 2.73. The fraction of sp³-hybridized carbons (Fsp3) is 0.500. The minimum Gasteiger partial charge on any atom is -0.491 e. The van der Waals surface area contributed by atoms with Crippen LogP contribution < -0.4 is 4.74 Å². The maximum atomic E-state index is 11.4. The molecule has 0 atom stereocenters. The standard InChI is InChI=1S/C12H17Cl2NO3S/c1-3-15(4-2)7-8-18-11-6-5-10(13)9-12(11)19(14,16)17/h5-6,9H,3-4,7-8H2,1-2H3. The summed E-state index contributed by atoms with van der Waals surface area (Å²) in [4.78, 5) is 2.08. The van der Waals surface area contributed by atoms with Gasteiger partial charge in [-0.15, -0.1) is 0 Å². The maximum absolute atomic E-state index is 11.4. The van der Waals surface area contributed by atoms with Gasteiger partial charge in [-0.25, -0.2) is 8.42 Å². The molecule has 1 aromatic carbocycles. The van der Waals surface area contributed by atoms with Crippen LogP contribution in [0.4, 0.5) is 0 Å². The Bertz CT molecular complexity index is 516. The normalized spacial score (nSPS) is 11.8. The second-order valence-electron chi connectivity index (χ2n) is 3.90. The van der Waals surface area contributed by atoms with E-state index in [-0.39, 0.29) is 10.6 Å². The lowest BCUT2D eigenvalue weighted by molar-refractivity contribution is 0.219. The van der Waals surface area contributed by atoms with Gasteiger partial charge in [0.15, 0.2) is 0 Å². The van der Waals surface area contributed by atoms with E-state index in [0.717, 1.165) is 19.6 Å². The molecule has 0 aliphatic heterocycles. The molecule has 0 unspecified atom stereocenters. The highest BCUT2D eigenvalue weighted by Gasteiger charge is 2.17. The van der Waals surface area contributed by atoms with Gasteiger partial charge in [0.05, 0.1) is 0 Å². The number of hydrogen-bond donors (Lipinski definition) is 0. The van der Waals surface area contributed by atoms with E-state index in [1.54, 1.807) is 6.07 Å². The van der Waals surface area contributed by atoms with Gasteiger partial charge >= 0.3 is 0 Å². The molecule has 4 nitrogen and oxygen atoms in total. The van der Waals surface area contributed by atoms with Gasteiger partial charge in [0.1, 0.15) is 17.3 Å². The zero-order valence-electron chi connectivity index (χ0n) is 10.9. The first kappa shape index (κ1) is 16.6. The Labute approximate surface area is 123 Å². The van der Waals surface area contributed by atoms with E-state index in [1.807, 2.05) is 0 Å². The summed E-state index contributed by atoms with van der Waals surface area (Å²) >= 11 is 5.77. The average Bonchev–Trinajstić information content (AvgIpc) is 2.35. The highest BCUT2D eigenvalue weighted by Crippen LogP contribution is 2.29. The van der Waals surface area contributed by atoms with E-state index in [2.05, 4.69) is 18.7 Å². The monoisotopic (exact) mass is 325 g/mol. The van der Waals surface area contributed by atoms with Crippen LogP contribution >= 0.6 is 22.3 Å². The first-order chi connectivity index (χ1) is 8.88. The highest BCUT2D eigenvalue weighted by molar-refractivity contribution is 8.13. The molecular weight excluding hydrogens is 309 g/mol. The molecule has 7 heteroatoms. The fourth-order valence-electron chi connectivity index (χ4n) is 1.62. The quantitative estimate of drug-likeness (QED) is 0.723. The van der Waals surface area contributed by atoms with Crippen LogP contribution in [0.15, 0.2) is 23.1 Å². The number of likely N-dealkylation sites (N-methyl/N-ethyl adjacent to an activating group) is 1. The molecule has 0 heterocycles. The Hall–Kier alpha value is -0.490. The van der Waals surface area contributed by atoms with Crippen molar-refractivity contribution in [2.45, 2.75) is 18.7 Å². The summed E-state index contributed by atoms with van der Waals surface area (Å²) in [6, 6.07) is 4.37. The van der Waals surface area contributed by atoms with Gasteiger partial charge in [-0.2, -0.15) is 0 Å². The minimum absolute atomic E-state index is 0.0961. The van der Waals surface area contributed by atoms with Crippen molar-refractivity contribution in [1.82, 2.24) is 4.90 Å². The molecule has 0 radical (unpaired) electrons. The van der Waals surface area contributed by atoms with E-state index in [1.165, 1.54) is 12.1 Å². The Kier molecular flexibility index (Phi) is 6.39. The van der Waals surface area contributed by atoms with Crippen LogP contribution in [0.1, 0.15) is 13.8 Å². The van der Waals surface area contributed by atoms with E-state index in [4.69, 9.17) is 27.0 Å². The van der Waals surface area contributed by atoms with Crippen molar-refractivity contribution < 1.29 is 13.2 Å². The molecule has 1 aromatic rings. The van der Waals surface area contributed by atoms with Gasteiger partial charge in [-0.3, -0.25) is 0 Å². The van der Waals surface area contributed by atoms with Crippen molar-refractivity contribution in [3.63, 3.8) is 0 Å². The predicted molar refractivity (Wildman–Crippen MR) is 77.8 cm³/mol. The zero-order valence-corrected chi connectivity index (χ0v) is 13.2. The molecule has 1 rings (SSSR count). The van der Waals surface area contributed by atoms with E-state index >= 15 is 0 Å². The van der Waals surface area contributed by atoms with Crippen LogP contribution in [-0.2, 0) is 9.05 Å². The number of ether oxygens (including phenoxy) is 1. The largest absolute Gasteiger partial charge is 0.491 e. The van der Waals surface area contributed by atoms with Crippen LogP contribution in [0.3, 0.4) is 0 Å². The molecule has 0 amide bonds. The van der Waals surface area contributed by atoms with Gasteiger partial charge < -0.3 is 9.64 Å². The van der Waals surface area contributed by atoms with Crippen LogP contribution in [0.25, 0.3) is 0 Å². The van der Waals surface area contributed by atoms with Crippen molar-refractivity contribution in [3.05, 3.63) is 23.2 Å². The summed E-state index contributed by atoms with van der Waals surface area (Å²) in [7, 11) is 1.49. The van der Waals surface area contributed by atoms with Gasteiger partial charge in [-0.1, -0.05) is 25.4 Å². The van der Waals surface area contributed by atoms with Crippen molar-refractivity contribution in [3.8, 4) is 5.75 Å². The van der Waals surface area contributed by atoms with Crippen LogP contribution in [0, 0.1) is 0 Å². The lowest BCUT2D eigenvalue weighted by Crippen LogP contribution is -2.28. The van der Waals surface area contributed by atoms with Crippen molar-refractivity contribution in [2.24, 2.45) is 0 Å². The van der Waals surface area contributed by atoms with Crippen molar-refractivity contribution in [2.75, 3.05) is 26.2 Å².